The second-order valence-corrected chi connectivity index (χ2v) is 8.91. The summed E-state index contributed by atoms with van der Waals surface area (Å²) in [6, 6.07) is 17.1. The number of hydrogen-bond acceptors (Lipinski definition) is 5. The number of benzene rings is 2. The average molecular weight is 449 g/mol. The molecule has 1 heterocycles. The van der Waals surface area contributed by atoms with Crippen molar-refractivity contribution in [3.63, 3.8) is 0 Å². The van der Waals surface area contributed by atoms with Gasteiger partial charge in [-0.1, -0.05) is 63.4 Å². The molecule has 0 spiro atoms. The zero-order valence-electron chi connectivity index (χ0n) is 19.0. The van der Waals surface area contributed by atoms with Crippen LogP contribution in [0.25, 0.3) is 11.3 Å². The highest BCUT2D eigenvalue weighted by molar-refractivity contribution is 7.99. The molecule has 168 valence electrons. The van der Waals surface area contributed by atoms with E-state index in [4.69, 9.17) is 4.74 Å². The molecule has 0 aliphatic heterocycles. The lowest BCUT2D eigenvalue weighted by Crippen LogP contribution is -2.08. The van der Waals surface area contributed by atoms with Crippen LogP contribution < -0.4 is 4.74 Å². The van der Waals surface area contributed by atoms with E-state index >= 15 is 0 Å². The molecule has 0 fully saturated rings. The highest BCUT2D eigenvalue weighted by Gasteiger charge is 2.10. The molecule has 32 heavy (non-hydrogen) atoms. The van der Waals surface area contributed by atoms with Gasteiger partial charge in [-0.05, 0) is 67.3 Å². The average Bonchev–Trinajstić information content (AvgIpc) is 2.83. The second kappa shape index (κ2) is 13.0. The fourth-order valence-corrected chi connectivity index (χ4v) is 4.16. The number of unbranched alkanes of at least 4 members (excludes halogenated alkanes) is 4. The predicted molar refractivity (Wildman–Crippen MR) is 132 cm³/mol. The maximum absolute atomic E-state index is 12.5. The number of hydrogen-bond donors (Lipinski definition) is 0. The van der Waals surface area contributed by atoms with Crippen LogP contribution >= 0.6 is 11.8 Å². The van der Waals surface area contributed by atoms with E-state index < -0.39 is 0 Å². The summed E-state index contributed by atoms with van der Waals surface area (Å²) in [6.45, 7) is 4.40. The third-order valence-electron chi connectivity index (χ3n) is 5.23. The Bertz CT molecular complexity index is 972. The molecule has 3 aromatic rings. The number of nitrogens with zero attached hydrogens (tertiary/aromatic N) is 2. The van der Waals surface area contributed by atoms with Crippen LogP contribution in [-0.2, 0) is 6.42 Å². The van der Waals surface area contributed by atoms with Crippen LogP contribution in [0.15, 0.2) is 66.0 Å². The van der Waals surface area contributed by atoms with Crippen molar-refractivity contribution < 1.29 is 9.53 Å². The number of aromatic nitrogens is 2. The molecule has 0 amide bonds. The van der Waals surface area contributed by atoms with Gasteiger partial charge in [0.1, 0.15) is 5.75 Å². The topological polar surface area (TPSA) is 52.1 Å². The van der Waals surface area contributed by atoms with Gasteiger partial charge in [0.05, 0.1) is 11.3 Å². The predicted octanol–water partition coefficient (Wildman–Crippen LogP) is 7.38. The molecule has 0 unspecified atom stereocenters. The quantitative estimate of drug-likeness (QED) is 0.0951. The van der Waals surface area contributed by atoms with E-state index in [0.717, 1.165) is 28.6 Å². The Hall–Kier alpha value is -2.66. The number of aryl methyl sites for hydroxylation is 1. The van der Waals surface area contributed by atoms with Gasteiger partial charge >= 0.3 is 5.97 Å². The van der Waals surface area contributed by atoms with Gasteiger partial charge in [0.2, 0.25) is 0 Å². The van der Waals surface area contributed by atoms with Gasteiger partial charge in [-0.3, -0.25) is 0 Å². The summed E-state index contributed by atoms with van der Waals surface area (Å²) < 4.78 is 5.55. The van der Waals surface area contributed by atoms with Crippen LogP contribution in [0.3, 0.4) is 0 Å². The molecule has 4 nitrogen and oxygen atoms in total. The standard InChI is InChI=1S/C27H32N2O2S/c1-3-5-7-9-21-10-12-23(13-11-21)26(30)31-24-16-14-22(15-17-24)25-18-19-28-27(29-25)32-20-8-6-4-2/h10-19H,3-9,20H2,1-2H3. The van der Waals surface area contributed by atoms with Gasteiger partial charge in [-0.2, -0.15) is 0 Å². The maximum Gasteiger partial charge on any atom is 0.343 e. The Labute approximate surface area is 195 Å². The fraction of sp³-hybridized carbons (Fsp3) is 0.370. The van der Waals surface area contributed by atoms with Gasteiger partial charge in [-0.15, -0.1) is 0 Å². The van der Waals surface area contributed by atoms with Gasteiger partial charge in [0.15, 0.2) is 5.16 Å². The van der Waals surface area contributed by atoms with Crippen LogP contribution in [0.5, 0.6) is 5.75 Å². The van der Waals surface area contributed by atoms with Crippen molar-refractivity contribution in [3.8, 4) is 17.0 Å². The van der Waals surface area contributed by atoms with Crippen LogP contribution in [0, 0.1) is 0 Å². The molecule has 0 saturated heterocycles. The summed E-state index contributed by atoms with van der Waals surface area (Å²) >= 11 is 1.69. The highest BCUT2D eigenvalue weighted by Crippen LogP contribution is 2.24. The number of carbonyl (C=O) groups is 1. The first kappa shape index (κ1) is 24.0. The van der Waals surface area contributed by atoms with Crippen LogP contribution in [0.4, 0.5) is 0 Å². The molecule has 0 atom stereocenters. The summed E-state index contributed by atoms with van der Waals surface area (Å²) in [5, 5.41) is 0.798. The van der Waals surface area contributed by atoms with Crippen molar-refractivity contribution in [3.05, 3.63) is 71.9 Å². The molecule has 0 N–H and O–H groups in total. The molecule has 3 rings (SSSR count). The first-order valence-electron chi connectivity index (χ1n) is 11.6. The number of esters is 1. The summed E-state index contributed by atoms with van der Waals surface area (Å²) in [5.74, 6) is 1.21. The Morgan fingerprint density at radius 2 is 1.59 bits per heavy atom. The number of thioether (sulfide) groups is 1. The number of carbonyl (C=O) groups excluding carboxylic acids is 1. The van der Waals surface area contributed by atoms with Gasteiger partial charge in [0.25, 0.3) is 0 Å². The minimum Gasteiger partial charge on any atom is -0.423 e. The number of rotatable bonds is 12. The largest absolute Gasteiger partial charge is 0.423 e. The Morgan fingerprint density at radius 1 is 0.875 bits per heavy atom. The van der Waals surface area contributed by atoms with E-state index in [1.165, 1.54) is 44.1 Å². The normalized spacial score (nSPS) is 10.8. The third-order valence-corrected chi connectivity index (χ3v) is 6.18. The molecule has 0 aliphatic carbocycles. The summed E-state index contributed by atoms with van der Waals surface area (Å²) in [7, 11) is 0. The SMILES string of the molecule is CCCCCSc1nccc(-c2ccc(OC(=O)c3ccc(CCCCC)cc3)cc2)n1. The van der Waals surface area contributed by atoms with E-state index in [-0.39, 0.29) is 5.97 Å². The maximum atomic E-state index is 12.5. The molecule has 0 radical (unpaired) electrons. The molecule has 1 aromatic heterocycles. The van der Waals surface area contributed by atoms with Crippen LogP contribution in [0.2, 0.25) is 0 Å². The van der Waals surface area contributed by atoms with Gasteiger partial charge < -0.3 is 4.74 Å². The van der Waals surface area contributed by atoms with E-state index in [1.54, 1.807) is 18.0 Å². The van der Waals surface area contributed by atoms with E-state index in [0.29, 0.717) is 11.3 Å². The molecule has 0 aliphatic rings. The second-order valence-electron chi connectivity index (χ2n) is 7.85. The highest BCUT2D eigenvalue weighted by atomic mass is 32.2. The van der Waals surface area contributed by atoms with Crippen LogP contribution in [0.1, 0.15) is 68.3 Å². The first-order valence-corrected chi connectivity index (χ1v) is 12.6. The van der Waals surface area contributed by atoms with Gasteiger partial charge in [-0.25, -0.2) is 14.8 Å². The molecule has 2 aromatic carbocycles. The lowest BCUT2D eigenvalue weighted by atomic mass is 10.1. The first-order chi connectivity index (χ1) is 15.7. The minimum atomic E-state index is -0.342. The number of ether oxygens (including phenoxy) is 1. The van der Waals surface area contributed by atoms with Gasteiger partial charge in [0, 0.05) is 17.5 Å². The smallest absolute Gasteiger partial charge is 0.343 e. The van der Waals surface area contributed by atoms with Crippen molar-refractivity contribution in [2.75, 3.05) is 5.75 Å². The minimum absolute atomic E-state index is 0.342. The lowest BCUT2D eigenvalue weighted by molar-refractivity contribution is 0.0735. The van der Waals surface area contributed by atoms with E-state index in [2.05, 4.69) is 23.8 Å². The molecule has 0 saturated carbocycles. The molecule has 0 bridgehead atoms. The van der Waals surface area contributed by atoms with Crippen molar-refractivity contribution in [1.29, 1.82) is 0 Å². The van der Waals surface area contributed by atoms with Crippen molar-refractivity contribution in [1.82, 2.24) is 9.97 Å². The van der Waals surface area contributed by atoms with Crippen molar-refractivity contribution in [2.45, 2.75) is 63.9 Å². The Kier molecular flexibility index (Phi) is 9.76. The summed E-state index contributed by atoms with van der Waals surface area (Å²) in [4.78, 5) is 21.5. The van der Waals surface area contributed by atoms with Crippen molar-refractivity contribution in [2.24, 2.45) is 0 Å². The van der Waals surface area contributed by atoms with E-state index in [1.807, 2.05) is 54.6 Å². The van der Waals surface area contributed by atoms with E-state index in [9.17, 15) is 4.79 Å². The fourth-order valence-electron chi connectivity index (χ4n) is 3.33. The Morgan fingerprint density at radius 3 is 2.31 bits per heavy atom. The summed E-state index contributed by atoms with van der Waals surface area (Å²) in [6.07, 6.45) is 10.1. The monoisotopic (exact) mass is 448 g/mol. The van der Waals surface area contributed by atoms with Crippen LogP contribution in [-0.4, -0.2) is 21.7 Å². The Balaban J connectivity index is 1.57. The lowest BCUT2D eigenvalue weighted by Gasteiger charge is -2.07. The molecule has 5 heteroatoms. The summed E-state index contributed by atoms with van der Waals surface area (Å²) in [5.41, 5.74) is 3.66. The molecular formula is C27H32N2O2S. The molecular weight excluding hydrogens is 416 g/mol. The zero-order chi connectivity index (χ0) is 22.6. The third kappa shape index (κ3) is 7.49. The van der Waals surface area contributed by atoms with Crippen molar-refractivity contribution >= 4 is 17.7 Å². The zero-order valence-corrected chi connectivity index (χ0v) is 19.9.